The molecule has 3 amide bonds. The van der Waals surface area contributed by atoms with Gasteiger partial charge >= 0.3 is 6.03 Å². The van der Waals surface area contributed by atoms with Crippen LogP contribution in [0.3, 0.4) is 0 Å². The zero-order chi connectivity index (χ0) is 18.5. The number of hydrogen-bond acceptors (Lipinski definition) is 4. The third kappa shape index (κ3) is 4.29. The van der Waals surface area contributed by atoms with E-state index in [0.717, 1.165) is 12.1 Å². The SMILES string of the molecule is O=C(Nc1ccnnc1)N[C@H]1CCCN(Cc2ccc(F)cc2F)C1=O. The molecule has 1 aromatic heterocycles. The minimum Gasteiger partial charge on any atom is -0.336 e. The summed E-state index contributed by atoms with van der Waals surface area (Å²) in [4.78, 5) is 26.1. The zero-order valence-corrected chi connectivity index (χ0v) is 13.8. The van der Waals surface area contributed by atoms with Crippen molar-refractivity contribution in [3.8, 4) is 0 Å². The number of piperidine rings is 1. The Labute approximate surface area is 148 Å². The number of hydrogen-bond donors (Lipinski definition) is 2. The van der Waals surface area contributed by atoms with E-state index in [-0.39, 0.29) is 18.0 Å². The first-order chi connectivity index (χ1) is 12.5. The summed E-state index contributed by atoms with van der Waals surface area (Å²) >= 11 is 0. The molecule has 0 radical (unpaired) electrons. The van der Waals surface area contributed by atoms with Gasteiger partial charge in [0.15, 0.2) is 0 Å². The summed E-state index contributed by atoms with van der Waals surface area (Å²) in [6.07, 6.45) is 3.96. The van der Waals surface area contributed by atoms with Gasteiger partial charge < -0.3 is 15.5 Å². The quantitative estimate of drug-likeness (QED) is 0.873. The average Bonchev–Trinajstić information content (AvgIpc) is 2.61. The van der Waals surface area contributed by atoms with Crippen molar-refractivity contribution in [1.29, 1.82) is 0 Å². The highest BCUT2D eigenvalue weighted by Crippen LogP contribution is 2.18. The van der Waals surface area contributed by atoms with E-state index in [1.807, 2.05) is 0 Å². The van der Waals surface area contributed by atoms with Gasteiger partial charge in [0.2, 0.25) is 5.91 Å². The van der Waals surface area contributed by atoms with Gasteiger partial charge in [-0.25, -0.2) is 13.6 Å². The minimum absolute atomic E-state index is 0.0268. The number of nitrogens with zero attached hydrogens (tertiary/aromatic N) is 3. The minimum atomic E-state index is -0.706. The van der Waals surface area contributed by atoms with Crippen molar-refractivity contribution in [3.05, 3.63) is 53.9 Å². The number of halogens is 2. The van der Waals surface area contributed by atoms with Crippen molar-refractivity contribution in [3.63, 3.8) is 0 Å². The molecular weight excluding hydrogens is 344 g/mol. The number of rotatable bonds is 4. The second-order valence-electron chi connectivity index (χ2n) is 5.92. The van der Waals surface area contributed by atoms with Crippen LogP contribution in [-0.4, -0.2) is 39.6 Å². The highest BCUT2D eigenvalue weighted by atomic mass is 19.1. The fourth-order valence-electron chi connectivity index (χ4n) is 2.78. The van der Waals surface area contributed by atoms with Crippen LogP contribution in [0.4, 0.5) is 19.3 Å². The number of nitrogens with one attached hydrogen (secondary N) is 2. The van der Waals surface area contributed by atoms with Gasteiger partial charge in [-0.05, 0) is 25.0 Å². The molecule has 0 spiro atoms. The lowest BCUT2D eigenvalue weighted by Crippen LogP contribution is -2.52. The van der Waals surface area contributed by atoms with Crippen LogP contribution in [0.1, 0.15) is 18.4 Å². The molecule has 26 heavy (non-hydrogen) atoms. The van der Waals surface area contributed by atoms with E-state index >= 15 is 0 Å². The van der Waals surface area contributed by atoms with E-state index in [1.54, 1.807) is 6.07 Å². The fourth-order valence-corrected chi connectivity index (χ4v) is 2.78. The Morgan fingerprint density at radius 1 is 1.27 bits per heavy atom. The first-order valence-electron chi connectivity index (χ1n) is 8.10. The number of anilines is 1. The standard InChI is InChI=1S/C17H17F2N5O2/c18-12-4-3-11(14(19)8-12)10-24-7-1-2-15(16(24)25)23-17(26)22-13-5-6-20-21-9-13/h3-6,8-9,15H,1-2,7,10H2,(H2,20,22,23,26)/t15-/m0/s1. The van der Waals surface area contributed by atoms with Crippen LogP contribution in [0.2, 0.25) is 0 Å². The van der Waals surface area contributed by atoms with Gasteiger partial charge in [0, 0.05) is 24.7 Å². The van der Waals surface area contributed by atoms with Gasteiger partial charge in [-0.2, -0.15) is 10.2 Å². The molecular formula is C17H17F2N5O2. The van der Waals surface area contributed by atoms with Crippen molar-refractivity contribution in [2.45, 2.75) is 25.4 Å². The Balaban J connectivity index is 1.61. The molecule has 0 saturated carbocycles. The van der Waals surface area contributed by atoms with Crippen LogP contribution in [0.15, 0.2) is 36.7 Å². The van der Waals surface area contributed by atoms with E-state index in [0.29, 0.717) is 25.1 Å². The summed E-state index contributed by atoms with van der Waals surface area (Å²) in [5.74, 6) is -1.67. The smallest absolute Gasteiger partial charge is 0.319 e. The van der Waals surface area contributed by atoms with Gasteiger partial charge in [-0.1, -0.05) is 6.07 Å². The lowest BCUT2D eigenvalue weighted by atomic mass is 10.0. The molecule has 1 saturated heterocycles. The molecule has 7 nitrogen and oxygen atoms in total. The Morgan fingerprint density at radius 3 is 2.85 bits per heavy atom. The largest absolute Gasteiger partial charge is 0.336 e. The van der Waals surface area contributed by atoms with Crippen molar-refractivity contribution >= 4 is 17.6 Å². The second kappa shape index (κ2) is 7.85. The molecule has 0 bridgehead atoms. The Bertz CT molecular complexity index is 803. The number of aromatic nitrogens is 2. The maximum atomic E-state index is 13.8. The number of carbonyl (C=O) groups excluding carboxylic acids is 2. The molecule has 2 aromatic rings. The molecule has 9 heteroatoms. The third-order valence-corrected chi connectivity index (χ3v) is 4.05. The lowest BCUT2D eigenvalue weighted by Gasteiger charge is -2.32. The van der Waals surface area contributed by atoms with Gasteiger partial charge in [0.1, 0.15) is 17.7 Å². The second-order valence-corrected chi connectivity index (χ2v) is 5.92. The molecule has 0 unspecified atom stereocenters. The number of urea groups is 1. The summed E-state index contributed by atoms with van der Waals surface area (Å²) in [6.45, 7) is 0.475. The molecule has 1 aromatic carbocycles. The zero-order valence-electron chi connectivity index (χ0n) is 13.8. The van der Waals surface area contributed by atoms with Gasteiger partial charge in [0.05, 0.1) is 18.1 Å². The van der Waals surface area contributed by atoms with E-state index in [2.05, 4.69) is 20.8 Å². The first-order valence-corrected chi connectivity index (χ1v) is 8.10. The Kier molecular flexibility index (Phi) is 5.35. The predicted octanol–water partition coefficient (Wildman–Crippen LogP) is 2.07. The molecule has 1 aliphatic heterocycles. The Morgan fingerprint density at radius 2 is 2.12 bits per heavy atom. The fraction of sp³-hybridized carbons (Fsp3) is 0.294. The van der Waals surface area contributed by atoms with Gasteiger partial charge in [-0.3, -0.25) is 4.79 Å². The van der Waals surface area contributed by atoms with Crippen molar-refractivity contribution in [2.75, 3.05) is 11.9 Å². The van der Waals surface area contributed by atoms with Crippen molar-refractivity contribution in [1.82, 2.24) is 20.4 Å². The summed E-state index contributed by atoms with van der Waals surface area (Å²) < 4.78 is 26.8. The van der Waals surface area contributed by atoms with E-state index in [1.165, 1.54) is 23.4 Å². The maximum Gasteiger partial charge on any atom is 0.319 e. The number of likely N-dealkylation sites (tertiary alicyclic amines) is 1. The van der Waals surface area contributed by atoms with Crippen LogP contribution in [0.25, 0.3) is 0 Å². The average molecular weight is 361 g/mol. The molecule has 0 aliphatic carbocycles. The van der Waals surface area contributed by atoms with E-state index in [4.69, 9.17) is 0 Å². The van der Waals surface area contributed by atoms with Gasteiger partial charge in [0.25, 0.3) is 0 Å². The lowest BCUT2D eigenvalue weighted by molar-refractivity contribution is -0.136. The number of carbonyl (C=O) groups is 2. The topological polar surface area (TPSA) is 87.2 Å². The van der Waals surface area contributed by atoms with Crippen LogP contribution in [0, 0.1) is 11.6 Å². The van der Waals surface area contributed by atoms with Gasteiger partial charge in [-0.15, -0.1) is 0 Å². The van der Waals surface area contributed by atoms with E-state index in [9.17, 15) is 18.4 Å². The van der Waals surface area contributed by atoms with E-state index < -0.39 is 23.7 Å². The number of benzene rings is 1. The third-order valence-electron chi connectivity index (χ3n) is 4.05. The predicted molar refractivity (Wildman–Crippen MR) is 89.0 cm³/mol. The monoisotopic (exact) mass is 361 g/mol. The van der Waals surface area contributed by atoms with Crippen molar-refractivity contribution in [2.24, 2.45) is 0 Å². The van der Waals surface area contributed by atoms with Crippen LogP contribution < -0.4 is 10.6 Å². The van der Waals surface area contributed by atoms with Crippen molar-refractivity contribution < 1.29 is 18.4 Å². The molecule has 2 heterocycles. The molecule has 1 atom stereocenters. The first kappa shape index (κ1) is 17.7. The van der Waals surface area contributed by atoms with Crippen LogP contribution in [0.5, 0.6) is 0 Å². The molecule has 3 rings (SSSR count). The molecule has 136 valence electrons. The summed E-state index contributed by atoms with van der Waals surface area (Å²) in [5, 5.41) is 12.4. The summed E-state index contributed by atoms with van der Waals surface area (Å²) in [7, 11) is 0. The molecule has 1 aliphatic rings. The maximum absolute atomic E-state index is 13.8. The normalized spacial score (nSPS) is 17.1. The highest BCUT2D eigenvalue weighted by molar-refractivity contribution is 5.93. The highest BCUT2D eigenvalue weighted by Gasteiger charge is 2.30. The molecule has 2 N–H and O–H groups in total. The summed E-state index contributed by atoms with van der Waals surface area (Å²) in [5.41, 5.74) is 0.679. The summed E-state index contributed by atoms with van der Waals surface area (Å²) in [6, 6.07) is 3.58. The van der Waals surface area contributed by atoms with Crippen LogP contribution >= 0.6 is 0 Å². The number of amides is 3. The Hall–Kier alpha value is -3.10. The van der Waals surface area contributed by atoms with Crippen LogP contribution in [-0.2, 0) is 11.3 Å². The molecule has 1 fully saturated rings.